The lowest BCUT2D eigenvalue weighted by Gasteiger charge is -2.34. The van der Waals surface area contributed by atoms with Crippen LogP contribution >= 0.6 is 22.7 Å². The molecule has 5 rings (SSSR count). The molecule has 4 heterocycles. The second kappa shape index (κ2) is 8.24. The molecule has 1 saturated heterocycles. The van der Waals surface area contributed by atoms with Crippen molar-refractivity contribution in [3.8, 4) is 0 Å². The fourth-order valence-electron chi connectivity index (χ4n) is 4.52. The third-order valence-electron chi connectivity index (χ3n) is 6.37. The molecule has 0 unspecified atom stereocenters. The number of rotatable bonds is 4. The highest BCUT2D eigenvalue weighted by Gasteiger charge is 2.27. The van der Waals surface area contributed by atoms with Crippen molar-refractivity contribution in [3.63, 3.8) is 0 Å². The summed E-state index contributed by atoms with van der Waals surface area (Å²) in [6, 6.07) is 3.78. The van der Waals surface area contributed by atoms with Crippen molar-refractivity contribution in [2.24, 2.45) is 5.92 Å². The van der Waals surface area contributed by atoms with Crippen LogP contribution in [0.5, 0.6) is 0 Å². The Morgan fingerprint density at radius 3 is 2.87 bits per heavy atom. The molecule has 2 aliphatic rings. The van der Waals surface area contributed by atoms with E-state index in [1.54, 1.807) is 28.0 Å². The van der Waals surface area contributed by atoms with Gasteiger partial charge in [-0.2, -0.15) is 0 Å². The van der Waals surface area contributed by atoms with Crippen LogP contribution in [0.15, 0.2) is 28.5 Å². The van der Waals surface area contributed by atoms with Crippen molar-refractivity contribution in [1.82, 2.24) is 19.2 Å². The number of fused-ring (bicyclic) bond motifs is 2. The van der Waals surface area contributed by atoms with Gasteiger partial charge < -0.3 is 4.90 Å². The molecule has 0 radical (unpaired) electrons. The molecule has 30 heavy (non-hydrogen) atoms. The van der Waals surface area contributed by atoms with E-state index < -0.39 is 0 Å². The first kappa shape index (κ1) is 19.9. The largest absolute Gasteiger partial charge is 0.335 e. The molecule has 1 fully saturated rings. The van der Waals surface area contributed by atoms with E-state index in [0.29, 0.717) is 6.54 Å². The minimum atomic E-state index is -0.0305. The predicted octanol–water partition coefficient (Wildman–Crippen LogP) is 3.29. The molecule has 1 amide bonds. The van der Waals surface area contributed by atoms with Gasteiger partial charge >= 0.3 is 0 Å². The Hall–Kier alpha value is -2.03. The smallest absolute Gasteiger partial charge is 0.264 e. The van der Waals surface area contributed by atoms with E-state index in [4.69, 9.17) is 0 Å². The summed E-state index contributed by atoms with van der Waals surface area (Å²) in [5.74, 6) is 0.951. The van der Waals surface area contributed by atoms with Crippen molar-refractivity contribution >= 4 is 33.5 Å². The Labute approximate surface area is 183 Å². The number of amides is 1. The van der Waals surface area contributed by atoms with Crippen LogP contribution in [0, 0.1) is 5.92 Å². The molecule has 3 aromatic rings. The topological polar surface area (TPSA) is 57.9 Å². The number of nitrogens with zero attached hydrogens (tertiary/aromatic N) is 4. The highest BCUT2D eigenvalue weighted by Crippen LogP contribution is 2.34. The summed E-state index contributed by atoms with van der Waals surface area (Å²) in [6.07, 6.45) is 6.49. The van der Waals surface area contributed by atoms with Gasteiger partial charge in [0.15, 0.2) is 4.96 Å². The molecule has 1 aliphatic carbocycles. The summed E-state index contributed by atoms with van der Waals surface area (Å²) in [6.45, 7) is 5.97. The molecule has 3 aromatic heterocycles. The number of hydrogen-bond acceptors (Lipinski definition) is 6. The maximum Gasteiger partial charge on any atom is 0.264 e. The van der Waals surface area contributed by atoms with E-state index in [1.165, 1.54) is 34.6 Å². The number of thiophene rings is 1. The van der Waals surface area contributed by atoms with Crippen LogP contribution in [0.3, 0.4) is 0 Å². The number of thiazole rings is 1. The van der Waals surface area contributed by atoms with Crippen molar-refractivity contribution < 1.29 is 4.79 Å². The lowest BCUT2D eigenvalue weighted by molar-refractivity contribution is 0.0632. The van der Waals surface area contributed by atoms with E-state index in [0.717, 1.165) is 60.5 Å². The SMILES string of the molecule is CC[C@@H]1CCc2sc(C(=O)N3CCN(Cc4cc(=O)n5ccsc5n4)CC3)cc2C1. The third kappa shape index (κ3) is 3.84. The van der Waals surface area contributed by atoms with Crippen LogP contribution in [-0.4, -0.2) is 51.3 Å². The molecule has 6 nitrogen and oxygen atoms in total. The molecule has 0 aromatic carbocycles. The Bertz CT molecular complexity index is 1120. The number of aromatic nitrogens is 2. The zero-order valence-corrected chi connectivity index (χ0v) is 18.8. The Balaban J connectivity index is 1.21. The van der Waals surface area contributed by atoms with Crippen LogP contribution in [0.1, 0.15) is 45.6 Å². The van der Waals surface area contributed by atoms with Crippen LogP contribution in [0.2, 0.25) is 0 Å². The Morgan fingerprint density at radius 2 is 2.07 bits per heavy atom. The van der Waals surface area contributed by atoms with Gasteiger partial charge in [0.05, 0.1) is 10.6 Å². The molecule has 1 aliphatic heterocycles. The summed E-state index contributed by atoms with van der Waals surface area (Å²) < 4.78 is 1.58. The van der Waals surface area contributed by atoms with Gasteiger partial charge in [0.25, 0.3) is 11.5 Å². The highest BCUT2D eigenvalue weighted by atomic mass is 32.1. The lowest BCUT2D eigenvalue weighted by Crippen LogP contribution is -2.48. The van der Waals surface area contributed by atoms with Crippen LogP contribution in [-0.2, 0) is 19.4 Å². The van der Waals surface area contributed by atoms with E-state index in [2.05, 4.69) is 22.9 Å². The molecular weight excluding hydrogens is 416 g/mol. The number of piperazine rings is 1. The number of hydrogen-bond donors (Lipinski definition) is 0. The van der Waals surface area contributed by atoms with Gasteiger partial charge in [-0.1, -0.05) is 13.3 Å². The molecule has 0 saturated carbocycles. The lowest BCUT2D eigenvalue weighted by atomic mass is 9.87. The zero-order valence-electron chi connectivity index (χ0n) is 17.2. The maximum absolute atomic E-state index is 13.1. The van der Waals surface area contributed by atoms with Gasteiger partial charge in [0, 0.05) is 55.2 Å². The van der Waals surface area contributed by atoms with E-state index in [-0.39, 0.29) is 11.5 Å². The molecule has 8 heteroatoms. The fraction of sp³-hybridized carbons (Fsp3) is 0.500. The van der Waals surface area contributed by atoms with E-state index in [1.807, 2.05) is 10.3 Å². The average Bonchev–Trinajstić information content (AvgIpc) is 3.40. The normalized spacial score (nSPS) is 19.9. The van der Waals surface area contributed by atoms with Crippen molar-refractivity contribution in [2.75, 3.05) is 26.2 Å². The second-order valence-corrected chi connectivity index (χ2v) is 10.3. The first-order chi connectivity index (χ1) is 14.6. The third-order valence-corrected chi connectivity index (χ3v) is 8.36. The van der Waals surface area contributed by atoms with Crippen LogP contribution < -0.4 is 5.56 Å². The van der Waals surface area contributed by atoms with Crippen molar-refractivity contribution in [2.45, 2.75) is 39.2 Å². The first-order valence-corrected chi connectivity index (χ1v) is 12.4. The van der Waals surface area contributed by atoms with Gasteiger partial charge in [-0.05, 0) is 36.8 Å². The fourth-order valence-corrected chi connectivity index (χ4v) is 6.43. The van der Waals surface area contributed by atoms with Crippen LogP contribution in [0.25, 0.3) is 4.96 Å². The zero-order chi connectivity index (χ0) is 20.7. The Kier molecular flexibility index (Phi) is 5.47. The summed E-state index contributed by atoms with van der Waals surface area (Å²) in [7, 11) is 0. The molecular formula is C22H26N4O2S2. The maximum atomic E-state index is 13.1. The summed E-state index contributed by atoms with van der Waals surface area (Å²) in [5, 5.41) is 1.88. The Morgan fingerprint density at radius 1 is 1.23 bits per heavy atom. The number of carbonyl (C=O) groups is 1. The second-order valence-electron chi connectivity index (χ2n) is 8.29. The van der Waals surface area contributed by atoms with Crippen molar-refractivity contribution in [3.05, 3.63) is 55.1 Å². The minimum Gasteiger partial charge on any atom is -0.335 e. The summed E-state index contributed by atoms with van der Waals surface area (Å²) in [5.41, 5.74) is 2.18. The van der Waals surface area contributed by atoms with Gasteiger partial charge in [-0.25, -0.2) is 4.98 Å². The number of aryl methyl sites for hydroxylation is 1. The van der Waals surface area contributed by atoms with Crippen molar-refractivity contribution in [1.29, 1.82) is 0 Å². The summed E-state index contributed by atoms with van der Waals surface area (Å²) in [4.78, 5) is 37.2. The van der Waals surface area contributed by atoms with Gasteiger partial charge in [0.1, 0.15) is 0 Å². The average molecular weight is 443 g/mol. The molecule has 0 N–H and O–H groups in total. The van der Waals surface area contributed by atoms with Gasteiger partial charge in [-0.3, -0.25) is 18.9 Å². The number of carbonyl (C=O) groups excluding carboxylic acids is 1. The van der Waals surface area contributed by atoms with E-state index in [9.17, 15) is 9.59 Å². The van der Waals surface area contributed by atoms with Gasteiger partial charge in [-0.15, -0.1) is 22.7 Å². The quantitative estimate of drug-likeness (QED) is 0.622. The molecule has 158 valence electrons. The van der Waals surface area contributed by atoms with Gasteiger partial charge in [0.2, 0.25) is 0 Å². The predicted molar refractivity (Wildman–Crippen MR) is 121 cm³/mol. The molecule has 1 atom stereocenters. The van der Waals surface area contributed by atoms with Crippen LogP contribution in [0.4, 0.5) is 0 Å². The first-order valence-electron chi connectivity index (χ1n) is 10.7. The molecule has 0 bridgehead atoms. The standard InChI is InChI=1S/C22H26N4O2S2/c1-2-15-3-4-18-16(11-15)12-19(30-18)21(28)25-7-5-24(6-8-25)14-17-13-20(27)26-9-10-29-22(26)23-17/h9-10,12-13,15H,2-8,11,14H2,1H3/t15-/m1/s1. The summed E-state index contributed by atoms with van der Waals surface area (Å²) >= 11 is 3.18. The highest BCUT2D eigenvalue weighted by molar-refractivity contribution is 7.15. The molecule has 0 spiro atoms. The van der Waals surface area contributed by atoms with E-state index >= 15 is 0 Å². The minimum absolute atomic E-state index is 0.0305. The monoisotopic (exact) mass is 442 g/mol.